The standard InChI is InChI=1S/C15H10F3N3O6/c16-15(17,18)11-6-10(20(23)24)3-4-13(11)27-7-9-2-1-8(14(19)22)5-12(9)21(25)26/h1-6H,7H2,(H2,19,22). The normalized spacial score (nSPS) is 11.1. The van der Waals surface area contributed by atoms with E-state index in [1.807, 2.05) is 0 Å². The van der Waals surface area contributed by atoms with Gasteiger partial charge in [-0.2, -0.15) is 13.2 Å². The van der Waals surface area contributed by atoms with Crippen molar-refractivity contribution >= 4 is 17.3 Å². The molecule has 2 rings (SSSR count). The van der Waals surface area contributed by atoms with Crippen molar-refractivity contribution in [3.05, 3.63) is 73.3 Å². The van der Waals surface area contributed by atoms with Gasteiger partial charge in [0, 0.05) is 23.8 Å². The zero-order valence-electron chi connectivity index (χ0n) is 13.2. The van der Waals surface area contributed by atoms with E-state index in [2.05, 4.69) is 0 Å². The van der Waals surface area contributed by atoms with Crippen molar-refractivity contribution in [3.63, 3.8) is 0 Å². The van der Waals surface area contributed by atoms with Gasteiger partial charge in [0.05, 0.1) is 15.4 Å². The maximum atomic E-state index is 13.1. The maximum Gasteiger partial charge on any atom is 0.420 e. The van der Waals surface area contributed by atoms with Gasteiger partial charge in [0.25, 0.3) is 11.4 Å². The van der Waals surface area contributed by atoms with E-state index in [9.17, 15) is 38.2 Å². The smallest absolute Gasteiger partial charge is 0.420 e. The monoisotopic (exact) mass is 385 g/mol. The first-order valence-corrected chi connectivity index (χ1v) is 7.06. The van der Waals surface area contributed by atoms with Crippen LogP contribution in [0.5, 0.6) is 5.75 Å². The second kappa shape index (κ2) is 7.27. The number of nitrogens with zero attached hydrogens (tertiary/aromatic N) is 2. The van der Waals surface area contributed by atoms with Crippen molar-refractivity contribution in [1.82, 2.24) is 0 Å². The number of amides is 1. The van der Waals surface area contributed by atoms with Crippen molar-refractivity contribution in [1.29, 1.82) is 0 Å². The van der Waals surface area contributed by atoms with Gasteiger partial charge in [-0.25, -0.2) is 0 Å². The van der Waals surface area contributed by atoms with E-state index in [-0.39, 0.29) is 11.1 Å². The number of non-ortho nitro benzene ring substituents is 1. The Kier molecular flexibility index (Phi) is 5.28. The number of ether oxygens (including phenoxy) is 1. The summed E-state index contributed by atoms with van der Waals surface area (Å²) >= 11 is 0. The Bertz CT molecular complexity index is 929. The lowest BCUT2D eigenvalue weighted by Crippen LogP contribution is -2.12. The minimum atomic E-state index is -4.94. The van der Waals surface area contributed by atoms with Crippen LogP contribution in [0.1, 0.15) is 21.5 Å². The molecular formula is C15H10F3N3O6. The number of primary amides is 1. The summed E-state index contributed by atoms with van der Waals surface area (Å²) in [4.78, 5) is 31.0. The summed E-state index contributed by atoms with van der Waals surface area (Å²) in [6.07, 6.45) is -4.94. The Balaban J connectivity index is 2.38. The average molecular weight is 385 g/mol. The van der Waals surface area contributed by atoms with Gasteiger partial charge in [0.2, 0.25) is 5.91 Å². The Labute approximate surface area is 148 Å². The molecule has 1 amide bonds. The molecule has 0 aliphatic carbocycles. The van der Waals surface area contributed by atoms with E-state index < -0.39 is 51.2 Å². The zero-order chi connectivity index (χ0) is 20.4. The summed E-state index contributed by atoms with van der Waals surface area (Å²) in [5.41, 5.74) is 2.01. The number of rotatable bonds is 6. The van der Waals surface area contributed by atoms with Gasteiger partial charge in [-0.3, -0.25) is 25.0 Å². The highest BCUT2D eigenvalue weighted by molar-refractivity contribution is 5.93. The van der Waals surface area contributed by atoms with Gasteiger partial charge in [0.15, 0.2) is 0 Å². The number of hydrogen-bond acceptors (Lipinski definition) is 6. The van der Waals surface area contributed by atoms with Crippen LogP contribution in [0, 0.1) is 20.2 Å². The molecule has 0 aromatic heterocycles. The molecule has 0 bridgehead atoms. The lowest BCUT2D eigenvalue weighted by molar-refractivity contribution is -0.385. The second-order valence-corrected chi connectivity index (χ2v) is 5.19. The number of carbonyl (C=O) groups excluding carboxylic acids is 1. The van der Waals surface area contributed by atoms with Crippen LogP contribution in [0.25, 0.3) is 0 Å². The molecule has 142 valence electrons. The zero-order valence-corrected chi connectivity index (χ0v) is 13.2. The molecule has 0 heterocycles. The van der Waals surface area contributed by atoms with Crippen molar-refractivity contribution in [3.8, 4) is 5.75 Å². The second-order valence-electron chi connectivity index (χ2n) is 5.19. The summed E-state index contributed by atoms with van der Waals surface area (Å²) in [7, 11) is 0. The molecule has 0 saturated carbocycles. The molecule has 0 aliphatic heterocycles. The lowest BCUT2D eigenvalue weighted by Gasteiger charge is -2.14. The van der Waals surface area contributed by atoms with Crippen molar-refractivity contribution in [2.75, 3.05) is 0 Å². The van der Waals surface area contributed by atoms with Crippen LogP contribution in [-0.2, 0) is 12.8 Å². The summed E-state index contributed by atoms with van der Waals surface area (Å²) in [5, 5.41) is 21.8. The number of nitro groups is 2. The van der Waals surface area contributed by atoms with Crippen molar-refractivity contribution in [2.24, 2.45) is 5.73 Å². The van der Waals surface area contributed by atoms with Crippen LogP contribution in [0.15, 0.2) is 36.4 Å². The third-order valence-corrected chi connectivity index (χ3v) is 3.43. The first kappa shape index (κ1) is 19.6. The quantitative estimate of drug-likeness (QED) is 0.598. The van der Waals surface area contributed by atoms with Crippen LogP contribution < -0.4 is 10.5 Å². The highest BCUT2D eigenvalue weighted by Gasteiger charge is 2.36. The highest BCUT2D eigenvalue weighted by Crippen LogP contribution is 2.39. The molecule has 0 fully saturated rings. The van der Waals surface area contributed by atoms with Gasteiger partial charge >= 0.3 is 6.18 Å². The van der Waals surface area contributed by atoms with E-state index in [4.69, 9.17) is 10.5 Å². The highest BCUT2D eigenvalue weighted by atomic mass is 19.4. The molecule has 2 N–H and O–H groups in total. The molecule has 2 aromatic rings. The number of carbonyl (C=O) groups is 1. The molecule has 2 aromatic carbocycles. The summed E-state index contributed by atoms with van der Waals surface area (Å²) < 4.78 is 44.3. The minimum absolute atomic E-state index is 0.114. The van der Waals surface area contributed by atoms with E-state index in [0.717, 1.165) is 30.3 Å². The number of alkyl halides is 3. The van der Waals surface area contributed by atoms with Crippen molar-refractivity contribution < 1.29 is 32.5 Å². The third kappa shape index (κ3) is 4.48. The first-order chi connectivity index (χ1) is 12.5. The summed E-state index contributed by atoms with van der Waals surface area (Å²) in [6, 6.07) is 5.03. The predicted octanol–water partition coefficient (Wildman–Crippen LogP) is 3.20. The summed E-state index contributed by atoms with van der Waals surface area (Å²) in [6.45, 7) is -0.643. The molecule has 0 aliphatic rings. The Morgan fingerprint density at radius 3 is 2.26 bits per heavy atom. The van der Waals surface area contributed by atoms with Gasteiger partial charge < -0.3 is 10.5 Å². The van der Waals surface area contributed by atoms with E-state index in [1.54, 1.807) is 0 Å². The van der Waals surface area contributed by atoms with Crippen LogP contribution in [0.4, 0.5) is 24.5 Å². The molecule has 0 unspecified atom stereocenters. The van der Waals surface area contributed by atoms with Crippen LogP contribution in [-0.4, -0.2) is 15.8 Å². The number of benzene rings is 2. The van der Waals surface area contributed by atoms with Gasteiger partial charge in [-0.05, 0) is 18.2 Å². The molecule has 0 radical (unpaired) electrons. The van der Waals surface area contributed by atoms with Crippen molar-refractivity contribution in [2.45, 2.75) is 12.8 Å². The van der Waals surface area contributed by atoms with E-state index >= 15 is 0 Å². The lowest BCUT2D eigenvalue weighted by atomic mass is 10.1. The predicted molar refractivity (Wildman–Crippen MR) is 84.0 cm³/mol. The minimum Gasteiger partial charge on any atom is -0.488 e. The Hall–Kier alpha value is -3.70. The van der Waals surface area contributed by atoms with Gasteiger partial charge in [-0.1, -0.05) is 0 Å². The SMILES string of the molecule is NC(=O)c1ccc(COc2ccc([N+](=O)[O-])cc2C(F)(F)F)c([N+](=O)[O-])c1. The molecule has 0 spiro atoms. The number of halogens is 3. The van der Waals surface area contributed by atoms with E-state index in [0.29, 0.717) is 6.07 Å². The topological polar surface area (TPSA) is 139 Å². The molecule has 0 atom stereocenters. The van der Waals surface area contributed by atoms with Crippen LogP contribution in [0.2, 0.25) is 0 Å². The fourth-order valence-corrected chi connectivity index (χ4v) is 2.14. The molecule has 12 heteroatoms. The average Bonchev–Trinajstić information content (AvgIpc) is 2.58. The van der Waals surface area contributed by atoms with Gasteiger partial charge in [0.1, 0.15) is 17.9 Å². The molecule has 27 heavy (non-hydrogen) atoms. The fraction of sp³-hybridized carbons (Fsp3) is 0.133. The Morgan fingerprint density at radius 2 is 1.74 bits per heavy atom. The number of nitro benzene ring substituents is 2. The van der Waals surface area contributed by atoms with Gasteiger partial charge in [-0.15, -0.1) is 0 Å². The maximum absolute atomic E-state index is 13.1. The van der Waals surface area contributed by atoms with Crippen LogP contribution in [0.3, 0.4) is 0 Å². The number of nitrogens with two attached hydrogens (primary N) is 1. The third-order valence-electron chi connectivity index (χ3n) is 3.43. The molecule has 9 nitrogen and oxygen atoms in total. The summed E-state index contributed by atoms with van der Waals surface area (Å²) in [5.74, 6) is -1.65. The largest absolute Gasteiger partial charge is 0.488 e. The van der Waals surface area contributed by atoms with E-state index in [1.165, 1.54) is 0 Å². The van der Waals surface area contributed by atoms with Crippen LogP contribution >= 0.6 is 0 Å². The fourth-order valence-electron chi connectivity index (χ4n) is 2.14. The molecule has 0 saturated heterocycles. The Morgan fingerprint density at radius 1 is 1.07 bits per heavy atom. The first-order valence-electron chi connectivity index (χ1n) is 7.06. The molecular weight excluding hydrogens is 375 g/mol. The number of hydrogen-bond donors (Lipinski definition) is 1.